The summed E-state index contributed by atoms with van der Waals surface area (Å²) in [5.41, 5.74) is 0. The number of hydrogen-bond donors (Lipinski definition) is 0. The van der Waals surface area contributed by atoms with Crippen LogP contribution in [0, 0.1) is 5.92 Å². The monoisotopic (exact) mass is 187 g/mol. The Labute approximate surface area is 79.1 Å². The normalized spacial score (nSPS) is 20.5. The highest BCUT2D eigenvalue weighted by Gasteiger charge is 2.27. The van der Waals surface area contributed by atoms with Crippen molar-refractivity contribution in [1.82, 2.24) is 4.90 Å². The molecule has 0 radical (unpaired) electrons. The second-order valence-corrected chi connectivity index (χ2v) is 4.03. The minimum atomic E-state index is -1.31. The summed E-state index contributed by atoms with van der Waals surface area (Å²) in [4.78, 5) is 13.2. The van der Waals surface area contributed by atoms with Crippen LogP contribution in [0.15, 0.2) is 0 Å². The van der Waals surface area contributed by atoms with Crippen LogP contribution in [0.1, 0.15) is 33.1 Å². The predicted octanol–water partition coefficient (Wildman–Crippen LogP) is 1.99. The van der Waals surface area contributed by atoms with E-state index in [4.69, 9.17) is 0 Å². The zero-order valence-electron chi connectivity index (χ0n) is 8.42. The van der Waals surface area contributed by atoms with Gasteiger partial charge in [-0.3, -0.25) is 4.79 Å². The molecule has 1 fully saturated rings. The number of carbonyl (C=O) groups excluding carboxylic acids is 1. The Balaban J connectivity index is 2.45. The second kappa shape index (κ2) is 4.58. The molecule has 1 rings (SSSR count). The Kier molecular flexibility index (Phi) is 3.70. The lowest BCUT2D eigenvalue weighted by molar-refractivity contribution is -0.139. The van der Waals surface area contributed by atoms with E-state index in [0.29, 0.717) is 0 Å². The van der Waals surface area contributed by atoms with E-state index >= 15 is 0 Å². The van der Waals surface area contributed by atoms with Gasteiger partial charge in [0.15, 0.2) is 6.17 Å². The lowest BCUT2D eigenvalue weighted by Crippen LogP contribution is -2.42. The van der Waals surface area contributed by atoms with Crippen LogP contribution in [0.4, 0.5) is 4.39 Å². The van der Waals surface area contributed by atoms with E-state index in [1.54, 1.807) is 18.7 Å². The minimum absolute atomic E-state index is 0.200. The van der Waals surface area contributed by atoms with Crippen LogP contribution in [0.5, 0.6) is 0 Å². The molecule has 0 aromatic rings. The topological polar surface area (TPSA) is 20.3 Å². The van der Waals surface area contributed by atoms with Crippen LogP contribution in [0.3, 0.4) is 0 Å². The Bertz CT molecular complexity index is 176. The summed E-state index contributed by atoms with van der Waals surface area (Å²) in [5.74, 6) is -0.510. The first-order valence-electron chi connectivity index (χ1n) is 5.06. The molecule has 1 heterocycles. The van der Waals surface area contributed by atoms with Crippen LogP contribution < -0.4 is 0 Å². The summed E-state index contributed by atoms with van der Waals surface area (Å²) in [6.07, 6.45) is 1.91. The molecule has 0 bridgehead atoms. The fourth-order valence-electron chi connectivity index (χ4n) is 1.57. The van der Waals surface area contributed by atoms with E-state index in [1.807, 2.05) is 0 Å². The number of rotatable bonds is 2. The summed E-state index contributed by atoms with van der Waals surface area (Å²) >= 11 is 0. The quantitative estimate of drug-likeness (QED) is 0.647. The third kappa shape index (κ3) is 2.68. The first-order chi connectivity index (χ1) is 6.13. The molecule has 1 aliphatic rings. The van der Waals surface area contributed by atoms with Gasteiger partial charge in [-0.2, -0.15) is 0 Å². The van der Waals surface area contributed by atoms with Gasteiger partial charge in [-0.05, 0) is 25.2 Å². The maximum atomic E-state index is 13.3. The number of halogens is 1. The number of piperidine rings is 1. The maximum Gasteiger partial charge on any atom is 0.257 e. The number of hydrogen-bond acceptors (Lipinski definition) is 1. The molecular weight excluding hydrogens is 169 g/mol. The highest BCUT2D eigenvalue weighted by molar-refractivity contribution is 5.81. The van der Waals surface area contributed by atoms with Crippen molar-refractivity contribution in [3.8, 4) is 0 Å². The molecule has 1 unspecified atom stereocenters. The van der Waals surface area contributed by atoms with Crippen molar-refractivity contribution < 1.29 is 9.18 Å². The van der Waals surface area contributed by atoms with Crippen LogP contribution >= 0.6 is 0 Å². The fourth-order valence-corrected chi connectivity index (χ4v) is 1.57. The third-order valence-electron chi connectivity index (χ3n) is 2.49. The standard InChI is InChI=1S/C10H18FNO/c1-8(2)9(11)10(13)12-6-4-3-5-7-12/h8-9H,3-7H2,1-2H3. The van der Waals surface area contributed by atoms with Gasteiger partial charge in [0.1, 0.15) is 0 Å². The van der Waals surface area contributed by atoms with Crippen molar-refractivity contribution >= 4 is 5.91 Å². The average molecular weight is 187 g/mol. The molecule has 2 nitrogen and oxygen atoms in total. The lowest BCUT2D eigenvalue weighted by atomic mass is 10.1. The van der Waals surface area contributed by atoms with Gasteiger partial charge in [0.2, 0.25) is 0 Å². The van der Waals surface area contributed by atoms with Crippen molar-refractivity contribution in [1.29, 1.82) is 0 Å². The lowest BCUT2D eigenvalue weighted by Gasteiger charge is -2.28. The van der Waals surface area contributed by atoms with Gasteiger partial charge in [-0.25, -0.2) is 4.39 Å². The molecule has 0 saturated carbocycles. The van der Waals surface area contributed by atoms with E-state index in [2.05, 4.69) is 0 Å². The number of alkyl halides is 1. The predicted molar refractivity (Wildman–Crippen MR) is 50.2 cm³/mol. The van der Waals surface area contributed by atoms with Gasteiger partial charge < -0.3 is 4.90 Å². The minimum Gasteiger partial charge on any atom is -0.340 e. The fraction of sp³-hybridized carbons (Fsp3) is 0.900. The molecule has 0 spiro atoms. The molecular formula is C10H18FNO. The number of amides is 1. The maximum absolute atomic E-state index is 13.3. The average Bonchev–Trinajstić information content (AvgIpc) is 2.17. The highest BCUT2D eigenvalue weighted by atomic mass is 19.1. The summed E-state index contributed by atoms with van der Waals surface area (Å²) in [6, 6.07) is 0. The van der Waals surface area contributed by atoms with E-state index in [0.717, 1.165) is 25.9 Å². The van der Waals surface area contributed by atoms with Crippen molar-refractivity contribution in [2.24, 2.45) is 5.92 Å². The summed E-state index contributed by atoms with van der Waals surface area (Å²) in [5, 5.41) is 0. The smallest absolute Gasteiger partial charge is 0.257 e. The summed E-state index contributed by atoms with van der Waals surface area (Å²) in [6.45, 7) is 4.97. The van der Waals surface area contributed by atoms with Crippen LogP contribution in [0.25, 0.3) is 0 Å². The van der Waals surface area contributed by atoms with Gasteiger partial charge in [0.25, 0.3) is 5.91 Å². The van der Waals surface area contributed by atoms with Gasteiger partial charge >= 0.3 is 0 Å². The molecule has 76 valence electrons. The van der Waals surface area contributed by atoms with Gasteiger partial charge in [0.05, 0.1) is 0 Å². The number of carbonyl (C=O) groups is 1. The van der Waals surface area contributed by atoms with Crippen LogP contribution in [-0.4, -0.2) is 30.1 Å². The zero-order valence-corrected chi connectivity index (χ0v) is 8.42. The molecule has 0 aliphatic carbocycles. The zero-order chi connectivity index (χ0) is 9.84. The Morgan fingerprint density at radius 2 is 1.77 bits per heavy atom. The number of nitrogens with zero attached hydrogens (tertiary/aromatic N) is 1. The summed E-state index contributed by atoms with van der Waals surface area (Å²) in [7, 11) is 0. The molecule has 0 aromatic heterocycles. The molecule has 0 N–H and O–H groups in total. The van der Waals surface area contributed by atoms with E-state index in [9.17, 15) is 9.18 Å². The molecule has 13 heavy (non-hydrogen) atoms. The molecule has 1 aliphatic heterocycles. The van der Waals surface area contributed by atoms with E-state index < -0.39 is 6.17 Å². The van der Waals surface area contributed by atoms with Crippen LogP contribution in [-0.2, 0) is 4.79 Å². The largest absolute Gasteiger partial charge is 0.340 e. The van der Waals surface area contributed by atoms with Gasteiger partial charge in [-0.1, -0.05) is 13.8 Å². The SMILES string of the molecule is CC(C)C(F)C(=O)N1CCCCC1. The molecule has 0 aromatic carbocycles. The summed E-state index contributed by atoms with van der Waals surface area (Å²) < 4.78 is 13.3. The Hall–Kier alpha value is -0.600. The highest BCUT2D eigenvalue weighted by Crippen LogP contribution is 2.15. The van der Waals surface area contributed by atoms with Crippen molar-refractivity contribution in [2.45, 2.75) is 39.3 Å². The van der Waals surface area contributed by atoms with Crippen molar-refractivity contribution in [2.75, 3.05) is 13.1 Å². The van der Waals surface area contributed by atoms with Crippen LogP contribution in [0.2, 0.25) is 0 Å². The number of likely N-dealkylation sites (tertiary alicyclic amines) is 1. The van der Waals surface area contributed by atoms with Crippen molar-refractivity contribution in [3.05, 3.63) is 0 Å². The van der Waals surface area contributed by atoms with Gasteiger partial charge in [-0.15, -0.1) is 0 Å². The molecule has 3 heteroatoms. The second-order valence-electron chi connectivity index (χ2n) is 4.03. The molecule has 1 amide bonds. The van der Waals surface area contributed by atoms with E-state index in [-0.39, 0.29) is 11.8 Å². The Morgan fingerprint density at radius 1 is 1.23 bits per heavy atom. The van der Waals surface area contributed by atoms with E-state index in [1.165, 1.54) is 6.42 Å². The molecule has 1 atom stereocenters. The molecule has 1 saturated heterocycles. The Morgan fingerprint density at radius 3 is 2.23 bits per heavy atom. The third-order valence-corrected chi connectivity index (χ3v) is 2.49. The van der Waals surface area contributed by atoms with Gasteiger partial charge in [0, 0.05) is 13.1 Å². The van der Waals surface area contributed by atoms with Crippen molar-refractivity contribution in [3.63, 3.8) is 0 Å². The first-order valence-corrected chi connectivity index (χ1v) is 5.06. The first kappa shape index (κ1) is 10.5.